The van der Waals surface area contributed by atoms with Crippen LogP contribution in [0.4, 0.5) is 0 Å². The molecule has 2 rings (SSSR count). The number of hydrogen-bond donors (Lipinski definition) is 1. The molecule has 0 bridgehead atoms. The van der Waals surface area contributed by atoms with Gasteiger partial charge in [0.25, 0.3) is 0 Å². The SMILES string of the molecule is CCC(C(=O)O)c1ccc(-n2cc(C)c(C)c2)cc1. The Morgan fingerprint density at radius 2 is 1.68 bits per heavy atom. The van der Waals surface area contributed by atoms with Gasteiger partial charge in [0.2, 0.25) is 0 Å². The molecule has 0 fully saturated rings. The van der Waals surface area contributed by atoms with Gasteiger partial charge in [-0.05, 0) is 49.1 Å². The number of hydrogen-bond acceptors (Lipinski definition) is 1. The van der Waals surface area contributed by atoms with Crippen molar-refractivity contribution >= 4 is 5.97 Å². The summed E-state index contributed by atoms with van der Waals surface area (Å²) in [7, 11) is 0. The van der Waals surface area contributed by atoms with Crippen molar-refractivity contribution in [2.24, 2.45) is 0 Å². The second kappa shape index (κ2) is 5.31. The highest BCUT2D eigenvalue weighted by Gasteiger charge is 2.17. The number of rotatable bonds is 4. The normalized spacial score (nSPS) is 12.4. The van der Waals surface area contributed by atoms with Gasteiger partial charge in [-0.1, -0.05) is 19.1 Å². The van der Waals surface area contributed by atoms with E-state index in [1.807, 2.05) is 31.2 Å². The monoisotopic (exact) mass is 257 g/mol. The predicted molar refractivity (Wildman–Crippen MR) is 75.9 cm³/mol. The molecule has 1 heterocycles. The molecule has 1 unspecified atom stereocenters. The van der Waals surface area contributed by atoms with Gasteiger partial charge in [-0.25, -0.2) is 0 Å². The Hall–Kier alpha value is -2.03. The van der Waals surface area contributed by atoms with Crippen LogP contribution in [0.25, 0.3) is 5.69 Å². The van der Waals surface area contributed by atoms with Crippen LogP contribution in [0.5, 0.6) is 0 Å². The highest BCUT2D eigenvalue weighted by atomic mass is 16.4. The maximum absolute atomic E-state index is 11.1. The summed E-state index contributed by atoms with van der Waals surface area (Å²) in [5, 5.41) is 9.15. The van der Waals surface area contributed by atoms with Crippen LogP contribution in [-0.2, 0) is 4.79 Å². The average Bonchev–Trinajstić information content (AvgIpc) is 2.71. The maximum Gasteiger partial charge on any atom is 0.310 e. The largest absolute Gasteiger partial charge is 0.481 e. The van der Waals surface area contributed by atoms with Gasteiger partial charge in [-0.15, -0.1) is 0 Å². The Balaban J connectivity index is 2.30. The number of carboxylic acids is 1. The number of aromatic nitrogens is 1. The van der Waals surface area contributed by atoms with Crippen LogP contribution >= 0.6 is 0 Å². The topological polar surface area (TPSA) is 42.2 Å². The Morgan fingerprint density at radius 3 is 2.11 bits per heavy atom. The molecular formula is C16H19NO2. The second-order valence-corrected chi connectivity index (χ2v) is 4.92. The van der Waals surface area contributed by atoms with Crippen molar-refractivity contribution in [1.82, 2.24) is 4.57 Å². The van der Waals surface area contributed by atoms with E-state index in [4.69, 9.17) is 5.11 Å². The fourth-order valence-electron chi connectivity index (χ4n) is 2.24. The van der Waals surface area contributed by atoms with Crippen molar-refractivity contribution in [3.63, 3.8) is 0 Å². The smallest absolute Gasteiger partial charge is 0.310 e. The van der Waals surface area contributed by atoms with E-state index in [-0.39, 0.29) is 0 Å². The van der Waals surface area contributed by atoms with E-state index in [1.165, 1.54) is 11.1 Å². The third-order valence-corrected chi connectivity index (χ3v) is 3.59. The van der Waals surface area contributed by atoms with E-state index in [0.29, 0.717) is 6.42 Å². The Morgan fingerprint density at radius 1 is 1.16 bits per heavy atom. The van der Waals surface area contributed by atoms with Crippen molar-refractivity contribution in [3.05, 3.63) is 53.3 Å². The Labute approximate surface area is 113 Å². The van der Waals surface area contributed by atoms with Crippen molar-refractivity contribution < 1.29 is 9.90 Å². The minimum absolute atomic E-state index is 0.415. The molecule has 1 aromatic carbocycles. The van der Waals surface area contributed by atoms with Gasteiger partial charge >= 0.3 is 5.97 Å². The number of aliphatic carboxylic acids is 1. The minimum atomic E-state index is -0.761. The zero-order chi connectivity index (χ0) is 14.0. The Bertz CT molecular complexity index is 562. The summed E-state index contributed by atoms with van der Waals surface area (Å²) in [5.74, 6) is -1.18. The summed E-state index contributed by atoms with van der Waals surface area (Å²) in [4.78, 5) is 11.1. The molecule has 1 atom stereocenters. The van der Waals surface area contributed by atoms with E-state index in [1.54, 1.807) is 0 Å². The van der Waals surface area contributed by atoms with Crippen molar-refractivity contribution in [2.75, 3.05) is 0 Å². The highest BCUT2D eigenvalue weighted by Crippen LogP contribution is 2.22. The number of carbonyl (C=O) groups is 1. The first-order chi connectivity index (χ1) is 9.02. The summed E-state index contributed by atoms with van der Waals surface area (Å²) >= 11 is 0. The molecule has 0 aliphatic heterocycles. The summed E-state index contributed by atoms with van der Waals surface area (Å²) in [6.07, 6.45) is 4.77. The number of benzene rings is 1. The molecule has 0 amide bonds. The first kappa shape index (κ1) is 13.4. The molecule has 19 heavy (non-hydrogen) atoms. The van der Waals surface area contributed by atoms with Gasteiger partial charge in [-0.2, -0.15) is 0 Å². The van der Waals surface area contributed by atoms with Gasteiger partial charge in [0, 0.05) is 18.1 Å². The maximum atomic E-state index is 11.1. The van der Waals surface area contributed by atoms with E-state index >= 15 is 0 Å². The summed E-state index contributed by atoms with van der Waals surface area (Å²) in [6.45, 7) is 6.06. The zero-order valence-corrected chi connectivity index (χ0v) is 11.6. The van der Waals surface area contributed by atoms with Crippen LogP contribution in [0.2, 0.25) is 0 Å². The fraction of sp³-hybridized carbons (Fsp3) is 0.312. The van der Waals surface area contributed by atoms with Crippen LogP contribution in [0.3, 0.4) is 0 Å². The summed E-state index contributed by atoms with van der Waals surface area (Å²) in [6, 6.07) is 7.75. The quantitative estimate of drug-likeness (QED) is 0.908. The van der Waals surface area contributed by atoms with Crippen LogP contribution < -0.4 is 0 Å². The molecule has 0 saturated heterocycles. The lowest BCUT2D eigenvalue weighted by molar-refractivity contribution is -0.138. The van der Waals surface area contributed by atoms with Crippen molar-refractivity contribution in [3.8, 4) is 5.69 Å². The molecule has 0 aliphatic rings. The fourth-order valence-corrected chi connectivity index (χ4v) is 2.24. The van der Waals surface area contributed by atoms with Crippen molar-refractivity contribution in [1.29, 1.82) is 0 Å². The second-order valence-electron chi connectivity index (χ2n) is 4.92. The standard InChI is InChI=1S/C16H19NO2/c1-4-15(16(18)19)13-5-7-14(8-6-13)17-9-11(2)12(3)10-17/h5-10,15H,4H2,1-3H3,(H,18,19). The molecule has 100 valence electrons. The molecule has 3 heteroatoms. The third kappa shape index (κ3) is 2.70. The molecule has 0 radical (unpaired) electrons. The zero-order valence-electron chi connectivity index (χ0n) is 11.6. The van der Waals surface area contributed by atoms with Gasteiger partial charge in [0.05, 0.1) is 5.92 Å². The van der Waals surface area contributed by atoms with Crippen LogP contribution in [0, 0.1) is 13.8 Å². The first-order valence-corrected chi connectivity index (χ1v) is 6.51. The van der Waals surface area contributed by atoms with Gasteiger partial charge in [0.15, 0.2) is 0 Å². The average molecular weight is 257 g/mol. The van der Waals surface area contributed by atoms with Crippen LogP contribution in [0.15, 0.2) is 36.7 Å². The first-order valence-electron chi connectivity index (χ1n) is 6.51. The number of nitrogens with zero attached hydrogens (tertiary/aromatic N) is 1. The summed E-state index contributed by atoms with van der Waals surface area (Å²) in [5.41, 5.74) is 4.42. The highest BCUT2D eigenvalue weighted by molar-refractivity contribution is 5.76. The molecule has 0 spiro atoms. The lowest BCUT2D eigenvalue weighted by atomic mass is 9.96. The molecule has 3 nitrogen and oxygen atoms in total. The van der Waals surface area contributed by atoms with E-state index in [0.717, 1.165) is 11.3 Å². The molecular weight excluding hydrogens is 238 g/mol. The van der Waals surface area contributed by atoms with Gasteiger partial charge in [0.1, 0.15) is 0 Å². The number of aryl methyl sites for hydroxylation is 2. The molecule has 1 N–H and O–H groups in total. The lowest BCUT2D eigenvalue weighted by Crippen LogP contribution is -2.10. The summed E-state index contributed by atoms with van der Waals surface area (Å²) < 4.78 is 2.07. The lowest BCUT2D eigenvalue weighted by Gasteiger charge is -2.11. The predicted octanol–water partition coefficient (Wildman–Crippen LogP) is 3.67. The van der Waals surface area contributed by atoms with Crippen LogP contribution in [0.1, 0.15) is 36.0 Å². The van der Waals surface area contributed by atoms with Crippen LogP contribution in [-0.4, -0.2) is 15.6 Å². The van der Waals surface area contributed by atoms with Gasteiger partial charge < -0.3 is 9.67 Å². The molecule has 2 aromatic rings. The molecule has 0 saturated carbocycles. The van der Waals surface area contributed by atoms with E-state index < -0.39 is 11.9 Å². The Kier molecular flexibility index (Phi) is 3.74. The molecule has 0 aliphatic carbocycles. The van der Waals surface area contributed by atoms with E-state index in [9.17, 15) is 4.79 Å². The van der Waals surface area contributed by atoms with Crippen molar-refractivity contribution in [2.45, 2.75) is 33.1 Å². The minimum Gasteiger partial charge on any atom is -0.481 e. The number of carboxylic acid groups (broad SMARTS) is 1. The third-order valence-electron chi connectivity index (χ3n) is 3.59. The van der Waals surface area contributed by atoms with Gasteiger partial charge in [-0.3, -0.25) is 4.79 Å². The molecule has 1 aromatic heterocycles. The van der Waals surface area contributed by atoms with E-state index in [2.05, 4.69) is 30.8 Å².